The molecule has 110 valence electrons. The van der Waals surface area contributed by atoms with Gasteiger partial charge >= 0.3 is 6.61 Å². The molecule has 2 rings (SSSR count). The molecule has 1 amide bonds. The minimum absolute atomic E-state index is 0.0788. The van der Waals surface area contributed by atoms with E-state index < -0.39 is 6.61 Å². The van der Waals surface area contributed by atoms with Gasteiger partial charge in [-0.3, -0.25) is 4.79 Å². The van der Waals surface area contributed by atoms with Gasteiger partial charge in [0.2, 0.25) is 0 Å². The molecule has 0 radical (unpaired) electrons. The zero-order chi connectivity index (χ0) is 15.2. The van der Waals surface area contributed by atoms with Crippen molar-refractivity contribution in [2.75, 3.05) is 0 Å². The SMILES string of the molecule is O=C(NCc1ccc(OC(F)F)cc1)c1cccnc1Br. The molecule has 0 aliphatic heterocycles. The van der Waals surface area contributed by atoms with Gasteiger partial charge in [0, 0.05) is 12.7 Å². The first-order chi connectivity index (χ1) is 10.1. The smallest absolute Gasteiger partial charge is 0.387 e. The van der Waals surface area contributed by atoms with E-state index in [4.69, 9.17) is 0 Å². The second kappa shape index (κ2) is 7.12. The van der Waals surface area contributed by atoms with Gasteiger partial charge in [-0.1, -0.05) is 12.1 Å². The number of halogens is 3. The van der Waals surface area contributed by atoms with Crippen LogP contribution < -0.4 is 10.1 Å². The van der Waals surface area contributed by atoms with Crippen LogP contribution in [0.4, 0.5) is 8.78 Å². The highest BCUT2D eigenvalue weighted by Crippen LogP contribution is 2.15. The van der Waals surface area contributed by atoms with Gasteiger partial charge < -0.3 is 10.1 Å². The molecule has 0 saturated heterocycles. The second-order valence-electron chi connectivity index (χ2n) is 4.05. The van der Waals surface area contributed by atoms with E-state index in [2.05, 4.69) is 31.0 Å². The zero-order valence-electron chi connectivity index (χ0n) is 10.7. The Morgan fingerprint density at radius 2 is 2.00 bits per heavy atom. The number of carbonyl (C=O) groups excluding carboxylic acids is 1. The van der Waals surface area contributed by atoms with Gasteiger partial charge in [0.25, 0.3) is 5.91 Å². The Morgan fingerprint density at radius 3 is 2.62 bits per heavy atom. The van der Waals surface area contributed by atoms with Gasteiger partial charge in [0.05, 0.1) is 5.56 Å². The fraction of sp³-hybridized carbons (Fsp3) is 0.143. The molecule has 0 aliphatic carbocycles. The van der Waals surface area contributed by atoms with E-state index in [0.717, 1.165) is 5.56 Å². The molecular weight excluding hydrogens is 346 g/mol. The molecule has 0 aliphatic rings. The molecule has 0 spiro atoms. The number of aromatic nitrogens is 1. The molecular formula is C14H11BrF2N2O2. The van der Waals surface area contributed by atoms with Gasteiger partial charge in [-0.15, -0.1) is 0 Å². The van der Waals surface area contributed by atoms with Crippen LogP contribution in [0.5, 0.6) is 5.75 Å². The van der Waals surface area contributed by atoms with Crippen molar-refractivity contribution in [1.82, 2.24) is 10.3 Å². The van der Waals surface area contributed by atoms with Crippen LogP contribution >= 0.6 is 15.9 Å². The van der Waals surface area contributed by atoms with Gasteiger partial charge in [-0.2, -0.15) is 8.78 Å². The standard InChI is InChI=1S/C14H11BrF2N2O2/c15-12-11(2-1-7-18-12)13(20)19-8-9-3-5-10(6-4-9)21-14(16)17/h1-7,14H,8H2,(H,19,20). The van der Waals surface area contributed by atoms with Crippen molar-refractivity contribution in [3.8, 4) is 5.75 Å². The number of amides is 1. The number of nitrogens with one attached hydrogen (secondary N) is 1. The third-order valence-corrected chi connectivity index (χ3v) is 3.24. The number of carbonyl (C=O) groups is 1. The number of rotatable bonds is 5. The van der Waals surface area contributed by atoms with Crippen LogP contribution in [0.1, 0.15) is 15.9 Å². The monoisotopic (exact) mass is 356 g/mol. The van der Waals surface area contributed by atoms with E-state index in [1.165, 1.54) is 12.1 Å². The summed E-state index contributed by atoms with van der Waals surface area (Å²) >= 11 is 3.20. The molecule has 0 bridgehead atoms. The van der Waals surface area contributed by atoms with Crippen LogP contribution in [-0.4, -0.2) is 17.5 Å². The lowest BCUT2D eigenvalue weighted by atomic mass is 10.2. The molecule has 0 saturated carbocycles. The molecule has 2 aromatic rings. The largest absolute Gasteiger partial charge is 0.435 e. The highest BCUT2D eigenvalue weighted by molar-refractivity contribution is 9.10. The van der Waals surface area contributed by atoms with E-state index >= 15 is 0 Å². The van der Waals surface area contributed by atoms with E-state index in [1.807, 2.05) is 0 Å². The Morgan fingerprint density at radius 1 is 1.29 bits per heavy atom. The van der Waals surface area contributed by atoms with Crippen LogP contribution in [0, 0.1) is 0 Å². The van der Waals surface area contributed by atoms with Crippen molar-refractivity contribution in [2.24, 2.45) is 0 Å². The zero-order valence-corrected chi connectivity index (χ0v) is 12.3. The van der Waals surface area contributed by atoms with Crippen LogP contribution in [-0.2, 0) is 6.54 Å². The number of hydrogen-bond acceptors (Lipinski definition) is 3. The Kier molecular flexibility index (Phi) is 5.21. The fourth-order valence-electron chi connectivity index (χ4n) is 1.62. The quantitative estimate of drug-likeness (QED) is 0.835. The Balaban J connectivity index is 1.94. The summed E-state index contributed by atoms with van der Waals surface area (Å²) in [5.41, 5.74) is 1.19. The molecule has 21 heavy (non-hydrogen) atoms. The van der Waals surface area contributed by atoms with Crippen LogP contribution in [0.2, 0.25) is 0 Å². The van der Waals surface area contributed by atoms with Crippen LogP contribution in [0.15, 0.2) is 47.2 Å². The summed E-state index contributed by atoms with van der Waals surface area (Å²) in [5.74, 6) is -0.196. The maximum Gasteiger partial charge on any atom is 0.387 e. The molecule has 1 aromatic heterocycles. The lowest BCUT2D eigenvalue weighted by Crippen LogP contribution is -2.23. The van der Waals surface area contributed by atoms with Crippen molar-refractivity contribution >= 4 is 21.8 Å². The average molecular weight is 357 g/mol. The number of pyridine rings is 1. The normalized spacial score (nSPS) is 10.5. The molecule has 0 atom stereocenters. The highest BCUT2D eigenvalue weighted by Gasteiger charge is 2.10. The minimum Gasteiger partial charge on any atom is -0.435 e. The summed E-state index contributed by atoms with van der Waals surface area (Å²) in [5, 5.41) is 2.72. The maximum atomic E-state index is 12.0. The second-order valence-corrected chi connectivity index (χ2v) is 4.80. The first-order valence-corrected chi connectivity index (χ1v) is 6.78. The molecule has 0 unspecified atom stereocenters. The lowest BCUT2D eigenvalue weighted by molar-refractivity contribution is -0.0498. The lowest BCUT2D eigenvalue weighted by Gasteiger charge is -2.08. The minimum atomic E-state index is -2.85. The number of ether oxygens (including phenoxy) is 1. The summed E-state index contributed by atoms with van der Waals surface area (Å²) < 4.78 is 28.7. The van der Waals surface area contributed by atoms with E-state index in [0.29, 0.717) is 10.2 Å². The first-order valence-electron chi connectivity index (χ1n) is 5.98. The van der Waals surface area contributed by atoms with Gasteiger partial charge in [-0.25, -0.2) is 4.98 Å². The predicted molar refractivity (Wildman–Crippen MR) is 76.2 cm³/mol. The number of benzene rings is 1. The highest BCUT2D eigenvalue weighted by atomic mass is 79.9. The molecule has 1 aromatic carbocycles. The third-order valence-electron chi connectivity index (χ3n) is 2.61. The fourth-order valence-corrected chi connectivity index (χ4v) is 2.05. The molecule has 1 N–H and O–H groups in total. The average Bonchev–Trinajstić information content (AvgIpc) is 2.46. The van der Waals surface area contributed by atoms with Crippen LogP contribution in [0.3, 0.4) is 0 Å². The summed E-state index contributed by atoms with van der Waals surface area (Å²) in [4.78, 5) is 15.9. The Labute approximate surface area is 128 Å². The van der Waals surface area contributed by atoms with Crippen molar-refractivity contribution < 1.29 is 18.3 Å². The number of nitrogens with zero attached hydrogens (tertiary/aromatic N) is 1. The third kappa shape index (κ3) is 4.49. The number of alkyl halides is 2. The van der Waals surface area contributed by atoms with E-state index in [1.54, 1.807) is 30.5 Å². The van der Waals surface area contributed by atoms with Gasteiger partial charge in [-0.05, 0) is 45.8 Å². The summed E-state index contributed by atoms with van der Waals surface area (Å²) in [6.45, 7) is -2.58. The van der Waals surface area contributed by atoms with Gasteiger partial charge in [0.15, 0.2) is 0 Å². The van der Waals surface area contributed by atoms with Crippen molar-refractivity contribution in [3.63, 3.8) is 0 Å². The van der Waals surface area contributed by atoms with Crippen molar-refractivity contribution in [2.45, 2.75) is 13.2 Å². The summed E-state index contributed by atoms with van der Waals surface area (Å²) in [7, 11) is 0. The topological polar surface area (TPSA) is 51.2 Å². The Bertz CT molecular complexity index is 621. The van der Waals surface area contributed by atoms with Crippen molar-refractivity contribution in [1.29, 1.82) is 0 Å². The van der Waals surface area contributed by atoms with Gasteiger partial charge in [0.1, 0.15) is 10.4 Å². The van der Waals surface area contributed by atoms with E-state index in [-0.39, 0.29) is 18.2 Å². The molecule has 0 fully saturated rings. The van der Waals surface area contributed by atoms with E-state index in [9.17, 15) is 13.6 Å². The first kappa shape index (κ1) is 15.4. The molecule has 1 heterocycles. The summed E-state index contributed by atoms with van der Waals surface area (Å²) in [6, 6.07) is 9.37. The maximum absolute atomic E-state index is 12.0. The molecule has 7 heteroatoms. The molecule has 4 nitrogen and oxygen atoms in total. The van der Waals surface area contributed by atoms with Crippen LogP contribution in [0.25, 0.3) is 0 Å². The number of hydrogen-bond donors (Lipinski definition) is 1. The predicted octanol–water partition coefficient (Wildman–Crippen LogP) is 3.38. The Hall–Kier alpha value is -2.02. The summed E-state index contributed by atoms with van der Waals surface area (Å²) in [6.07, 6.45) is 1.57. The van der Waals surface area contributed by atoms with Crippen molar-refractivity contribution in [3.05, 3.63) is 58.3 Å².